The zero-order valence-electron chi connectivity index (χ0n) is 12.4. The minimum absolute atomic E-state index is 0.00386. The van der Waals surface area contributed by atoms with Gasteiger partial charge in [0.1, 0.15) is 0 Å². The molecule has 0 saturated carbocycles. The van der Waals surface area contributed by atoms with Crippen LogP contribution in [0.4, 0.5) is 0 Å². The molecular weight excluding hydrogens is 262 g/mol. The lowest BCUT2D eigenvalue weighted by Crippen LogP contribution is -2.35. The Labute approximate surface area is 124 Å². The van der Waals surface area contributed by atoms with Crippen molar-refractivity contribution in [1.82, 2.24) is 15.1 Å². The molecule has 0 atom stereocenters. The Bertz CT molecular complexity index is 654. The first kappa shape index (κ1) is 14.0. The van der Waals surface area contributed by atoms with Gasteiger partial charge < -0.3 is 5.32 Å². The summed E-state index contributed by atoms with van der Waals surface area (Å²) in [4.78, 5) is 12.1. The molecule has 1 aliphatic heterocycles. The van der Waals surface area contributed by atoms with E-state index in [4.69, 9.17) is 0 Å². The van der Waals surface area contributed by atoms with Crippen molar-refractivity contribution in [2.75, 3.05) is 13.1 Å². The lowest BCUT2D eigenvalue weighted by atomic mass is 10.1. The molecule has 21 heavy (non-hydrogen) atoms. The highest BCUT2D eigenvalue weighted by molar-refractivity contribution is 5.58. The van der Waals surface area contributed by atoms with Crippen LogP contribution in [0.15, 0.2) is 41.2 Å². The average Bonchev–Trinajstić information content (AvgIpc) is 2.56. The van der Waals surface area contributed by atoms with E-state index in [-0.39, 0.29) is 11.6 Å². The van der Waals surface area contributed by atoms with Crippen LogP contribution in [0.1, 0.15) is 31.4 Å². The highest BCUT2D eigenvalue weighted by atomic mass is 16.1. The Morgan fingerprint density at radius 1 is 1.14 bits per heavy atom. The van der Waals surface area contributed by atoms with Crippen molar-refractivity contribution in [3.8, 4) is 11.3 Å². The molecule has 0 unspecified atom stereocenters. The van der Waals surface area contributed by atoms with E-state index in [1.54, 1.807) is 10.7 Å². The van der Waals surface area contributed by atoms with Crippen molar-refractivity contribution in [2.24, 2.45) is 0 Å². The minimum atomic E-state index is -0.00386. The number of benzene rings is 1. The van der Waals surface area contributed by atoms with Crippen LogP contribution in [0.25, 0.3) is 11.3 Å². The van der Waals surface area contributed by atoms with Gasteiger partial charge in [-0.2, -0.15) is 5.10 Å². The SMILES string of the molecule is CCc1ccc(-c2ccc(=O)n(C3CCNCC3)n2)cc1. The number of rotatable bonds is 3. The van der Waals surface area contributed by atoms with Crippen molar-refractivity contribution in [3.63, 3.8) is 0 Å². The quantitative estimate of drug-likeness (QED) is 0.941. The van der Waals surface area contributed by atoms with Crippen LogP contribution in [-0.2, 0) is 6.42 Å². The van der Waals surface area contributed by atoms with E-state index in [1.165, 1.54) is 5.56 Å². The summed E-state index contributed by atoms with van der Waals surface area (Å²) in [5, 5.41) is 7.92. The molecule has 0 radical (unpaired) electrons. The first-order valence-electron chi connectivity index (χ1n) is 7.68. The average molecular weight is 283 g/mol. The minimum Gasteiger partial charge on any atom is -0.317 e. The Morgan fingerprint density at radius 2 is 1.86 bits per heavy atom. The zero-order chi connectivity index (χ0) is 14.7. The summed E-state index contributed by atoms with van der Waals surface area (Å²) in [6, 6.07) is 12.1. The second-order valence-electron chi connectivity index (χ2n) is 5.53. The molecule has 1 aromatic heterocycles. The van der Waals surface area contributed by atoms with E-state index in [1.807, 2.05) is 6.07 Å². The van der Waals surface area contributed by atoms with Gasteiger partial charge in [-0.3, -0.25) is 4.79 Å². The largest absolute Gasteiger partial charge is 0.317 e. The summed E-state index contributed by atoms with van der Waals surface area (Å²) in [7, 11) is 0. The summed E-state index contributed by atoms with van der Waals surface area (Å²) in [5.74, 6) is 0. The van der Waals surface area contributed by atoms with Gasteiger partial charge in [-0.1, -0.05) is 31.2 Å². The number of nitrogens with one attached hydrogen (secondary N) is 1. The fraction of sp³-hybridized carbons (Fsp3) is 0.412. The number of hydrogen-bond acceptors (Lipinski definition) is 3. The third kappa shape index (κ3) is 3.05. The van der Waals surface area contributed by atoms with E-state index in [0.717, 1.165) is 43.6 Å². The maximum atomic E-state index is 12.1. The zero-order valence-corrected chi connectivity index (χ0v) is 12.4. The van der Waals surface area contributed by atoms with E-state index in [9.17, 15) is 4.79 Å². The van der Waals surface area contributed by atoms with Gasteiger partial charge in [0, 0.05) is 11.6 Å². The van der Waals surface area contributed by atoms with Crippen molar-refractivity contribution in [2.45, 2.75) is 32.2 Å². The summed E-state index contributed by atoms with van der Waals surface area (Å²) < 4.78 is 1.67. The van der Waals surface area contributed by atoms with Crippen molar-refractivity contribution in [3.05, 3.63) is 52.3 Å². The molecule has 1 N–H and O–H groups in total. The molecular formula is C17H21N3O. The molecule has 3 rings (SSSR count). The molecule has 4 heteroatoms. The Balaban J connectivity index is 1.94. The van der Waals surface area contributed by atoms with E-state index < -0.39 is 0 Å². The second kappa shape index (κ2) is 6.22. The van der Waals surface area contributed by atoms with Crippen LogP contribution < -0.4 is 10.9 Å². The second-order valence-corrected chi connectivity index (χ2v) is 5.53. The molecule has 1 aromatic carbocycles. The van der Waals surface area contributed by atoms with Crippen LogP contribution >= 0.6 is 0 Å². The van der Waals surface area contributed by atoms with Crippen LogP contribution in [0.5, 0.6) is 0 Å². The standard InChI is InChI=1S/C17H21N3O/c1-2-13-3-5-14(6-4-13)16-7-8-17(21)20(19-16)15-9-11-18-12-10-15/h3-8,15,18H,2,9-12H2,1H3. The summed E-state index contributed by atoms with van der Waals surface area (Å²) in [6.45, 7) is 4.05. The van der Waals surface area contributed by atoms with Gasteiger partial charge >= 0.3 is 0 Å². The lowest BCUT2D eigenvalue weighted by Gasteiger charge is -2.23. The van der Waals surface area contributed by atoms with Crippen LogP contribution in [0, 0.1) is 0 Å². The summed E-state index contributed by atoms with van der Waals surface area (Å²) in [5.41, 5.74) is 3.24. The highest BCUT2D eigenvalue weighted by Crippen LogP contribution is 2.19. The van der Waals surface area contributed by atoms with Gasteiger partial charge in [0.2, 0.25) is 0 Å². The van der Waals surface area contributed by atoms with Gasteiger partial charge in [0.05, 0.1) is 11.7 Å². The van der Waals surface area contributed by atoms with Crippen LogP contribution in [0.2, 0.25) is 0 Å². The number of hydrogen-bond donors (Lipinski definition) is 1. The molecule has 2 aromatic rings. The first-order chi connectivity index (χ1) is 10.3. The van der Waals surface area contributed by atoms with Crippen LogP contribution in [0.3, 0.4) is 0 Å². The van der Waals surface area contributed by atoms with Gasteiger partial charge in [-0.25, -0.2) is 4.68 Å². The topological polar surface area (TPSA) is 46.9 Å². The predicted octanol–water partition coefficient (Wildman–Crippen LogP) is 2.40. The molecule has 4 nitrogen and oxygen atoms in total. The summed E-state index contributed by atoms with van der Waals surface area (Å²) >= 11 is 0. The van der Waals surface area contributed by atoms with Crippen molar-refractivity contribution in [1.29, 1.82) is 0 Å². The maximum absolute atomic E-state index is 12.1. The number of nitrogens with zero attached hydrogens (tertiary/aromatic N) is 2. The normalized spacial score (nSPS) is 16.0. The van der Waals surface area contributed by atoms with E-state index in [0.29, 0.717) is 0 Å². The maximum Gasteiger partial charge on any atom is 0.267 e. The van der Waals surface area contributed by atoms with Gasteiger partial charge in [-0.15, -0.1) is 0 Å². The fourth-order valence-electron chi connectivity index (χ4n) is 2.80. The van der Waals surface area contributed by atoms with Gasteiger partial charge in [0.25, 0.3) is 5.56 Å². The molecule has 0 aliphatic carbocycles. The third-order valence-electron chi connectivity index (χ3n) is 4.14. The highest BCUT2D eigenvalue weighted by Gasteiger charge is 2.17. The Hall–Kier alpha value is -1.94. The molecule has 0 bridgehead atoms. The number of piperidine rings is 1. The first-order valence-corrected chi connectivity index (χ1v) is 7.68. The predicted molar refractivity (Wildman–Crippen MR) is 84.5 cm³/mol. The smallest absolute Gasteiger partial charge is 0.267 e. The summed E-state index contributed by atoms with van der Waals surface area (Å²) in [6.07, 6.45) is 2.96. The molecule has 2 heterocycles. The van der Waals surface area contributed by atoms with E-state index >= 15 is 0 Å². The molecule has 1 saturated heterocycles. The van der Waals surface area contributed by atoms with Crippen LogP contribution in [-0.4, -0.2) is 22.9 Å². The number of aryl methyl sites for hydroxylation is 1. The van der Waals surface area contributed by atoms with Gasteiger partial charge in [-0.05, 0) is 44.0 Å². The molecule has 0 spiro atoms. The fourth-order valence-corrected chi connectivity index (χ4v) is 2.80. The Morgan fingerprint density at radius 3 is 2.52 bits per heavy atom. The van der Waals surface area contributed by atoms with Crippen molar-refractivity contribution < 1.29 is 0 Å². The molecule has 0 amide bonds. The van der Waals surface area contributed by atoms with E-state index in [2.05, 4.69) is 41.6 Å². The Kier molecular flexibility index (Phi) is 4.15. The molecule has 1 aliphatic rings. The number of aromatic nitrogens is 2. The lowest BCUT2D eigenvalue weighted by molar-refractivity contribution is 0.332. The van der Waals surface area contributed by atoms with Crippen molar-refractivity contribution >= 4 is 0 Å². The monoisotopic (exact) mass is 283 g/mol. The van der Waals surface area contributed by atoms with Gasteiger partial charge in [0.15, 0.2) is 0 Å². The molecule has 110 valence electrons. The molecule has 1 fully saturated rings. The third-order valence-corrected chi connectivity index (χ3v) is 4.14.